The monoisotopic (exact) mass is 681 g/mol. The summed E-state index contributed by atoms with van der Waals surface area (Å²) in [4.78, 5) is 21.6. The van der Waals surface area contributed by atoms with Crippen LogP contribution in [0.2, 0.25) is 5.02 Å². The highest BCUT2D eigenvalue weighted by Crippen LogP contribution is 2.42. The van der Waals surface area contributed by atoms with Gasteiger partial charge >= 0.3 is 12.1 Å². The molecule has 2 N–H and O–H groups in total. The number of ether oxygens (including phenoxy) is 4. The Hall–Kier alpha value is -4.99. The molecular formula is C35H31ClF3N3O6. The van der Waals surface area contributed by atoms with Crippen LogP contribution in [0.15, 0.2) is 60.4 Å². The van der Waals surface area contributed by atoms with Gasteiger partial charge < -0.3 is 29.4 Å². The molecule has 250 valence electrons. The van der Waals surface area contributed by atoms with Crippen molar-refractivity contribution in [2.45, 2.75) is 38.5 Å². The zero-order valence-corrected chi connectivity index (χ0v) is 26.9. The lowest BCUT2D eigenvalue weighted by molar-refractivity contribution is -0.188. The minimum absolute atomic E-state index is 0.0403. The number of aliphatic hydroxyl groups is 1. The van der Waals surface area contributed by atoms with E-state index in [0.717, 1.165) is 6.08 Å². The Balaban J connectivity index is 1.33. The standard InChI is InChI=1S/C35H31ClF3N3O6/c1-5-20-7-6-8-22(13-20)42-32-23-16-29(45-10-9-43)30(18-27(23)40-19-41-32)46-11-12-47-33(44)24-14-21-15-26(36)25(34(2,3)4)17-28(21)48-31(24)35(37,38)39/h1,6-8,13-19,31,43H,9-12H2,2-4H3,(H,40,41,42). The molecule has 13 heteroatoms. The second kappa shape index (κ2) is 14.0. The molecule has 0 spiro atoms. The van der Waals surface area contributed by atoms with Crippen molar-refractivity contribution in [3.8, 4) is 29.6 Å². The first-order valence-corrected chi connectivity index (χ1v) is 15.1. The Kier molecular flexibility index (Phi) is 10.0. The number of rotatable bonds is 10. The second-order valence-corrected chi connectivity index (χ2v) is 12.1. The van der Waals surface area contributed by atoms with Gasteiger partial charge in [-0.2, -0.15) is 13.2 Å². The third-order valence-electron chi connectivity index (χ3n) is 7.19. The highest BCUT2D eigenvalue weighted by atomic mass is 35.5. The number of alkyl halides is 3. The number of terminal acetylenes is 1. The number of hydrogen-bond acceptors (Lipinski definition) is 9. The Morgan fingerprint density at radius 2 is 1.81 bits per heavy atom. The number of fused-ring (bicyclic) bond motifs is 2. The number of carbonyl (C=O) groups is 1. The fourth-order valence-electron chi connectivity index (χ4n) is 4.94. The van der Waals surface area contributed by atoms with Gasteiger partial charge in [-0.3, -0.25) is 0 Å². The molecule has 0 saturated carbocycles. The third kappa shape index (κ3) is 7.75. The molecule has 0 saturated heterocycles. The summed E-state index contributed by atoms with van der Waals surface area (Å²) in [7, 11) is 0. The summed E-state index contributed by atoms with van der Waals surface area (Å²) < 4.78 is 64.1. The number of anilines is 2. The van der Waals surface area contributed by atoms with Crippen molar-refractivity contribution < 1.29 is 42.0 Å². The largest absolute Gasteiger partial charge is 0.487 e. The SMILES string of the molecule is C#Cc1cccc(Nc2ncnc3cc(OCCOC(=O)C4=Cc5cc(Cl)c(C(C)(C)C)cc5OC4C(F)(F)F)c(OCCO)cc23)c1. The van der Waals surface area contributed by atoms with Crippen LogP contribution in [0, 0.1) is 12.3 Å². The molecule has 1 unspecified atom stereocenters. The van der Waals surface area contributed by atoms with E-state index in [1.807, 2.05) is 26.8 Å². The Bertz CT molecular complexity index is 1920. The number of carbonyl (C=O) groups excluding carboxylic acids is 1. The van der Waals surface area contributed by atoms with Gasteiger partial charge in [-0.25, -0.2) is 14.8 Å². The summed E-state index contributed by atoms with van der Waals surface area (Å²) in [6, 6.07) is 13.3. The van der Waals surface area contributed by atoms with Gasteiger partial charge in [-0.1, -0.05) is 44.4 Å². The zero-order chi connectivity index (χ0) is 34.6. The third-order valence-corrected chi connectivity index (χ3v) is 7.51. The van der Waals surface area contributed by atoms with Crippen LogP contribution in [0.25, 0.3) is 17.0 Å². The molecule has 3 aromatic carbocycles. The van der Waals surface area contributed by atoms with Crippen molar-refractivity contribution in [1.29, 1.82) is 0 Å². The van der Waals surface area contributed by atoms with Gasteiger partial charge in [-0.15, -0.1) is 6.42 Å². The van der Waals surface area contributed by atoms with E-state index in [-0.39, 0.29) is 42.6 Å². The van der Waals surface area contributed by atoms with E-state index in [1.54, 1.807) is 30.3 Å². The van der Waals surface area contributed by atoms with Crippen LogP contribution < -0.4 is 19.5 Å². The van der Waals surface area contributed by atoms with Crippen molar-refractivity contribution in [2.75, 3.05) is 31.7 Å². The molecule has 0 aliphatic carbocycles. The van der Waals surface area contributed by atoms with Gasteiger partial charge in [-0.05, 0) is 53.5 Å². The quantitative estimate of drug-likeness (QED) is 0.104. The number of benzene rings is 3. The van der Waals surface area contributed by atoms with E-state index in [2.05, 4.69) is 21.2 Å². The van der Waals surface area contributed by atoms with Crippen LogP contribution in [0.1, 0.15) is 37.5 Å². The molecule has 1 aromatic heterocycles. The minimum atomic E-state index is -4.90. The van der Waals surface area contributed by atoms with Crippen LogP contribution in [0.4, 0.5) is 24.7 Å². The van der Waals surface area contributed by atoms with Crippen LogP contribution >= 0.6 is 11.6 Å². The van der Waals surface area contributed by atoms with Gasteiger partial charge in [0.25, 0.3) is 0 Å². The highest BCUT2D eigenvalue weighted by Gasteiger charge is 2.49. The number of halogens is 4. The first-order valence-electron chi connectivity index (χ1n) is 14.7. The molecule has 48 heavy (non-hydrogen) atoms. The lowest BCUT2D eigenvalue weighted by Crippen LogP contribution is -2.41. The smallest absolute Gasteiger partial charge is 0.430 e. The van der Waals surface area contributed by atoms with E-state index in [9.17, 15) is 23.1 Å². The van der Waals surface area contributed by atoms with E-state index < -0.39 is 35.8 Å². The fourth-order valence-corrected chi connectivity index (χ4v) is 5.39. The first-order chi connectivity index (χ1) is 22.8. The molecule has 0 radical (unpaired) electrons. The number of aliphatic hydroxyl groups excluding tert-OH is 1. The van der Waals surface area contributed by atoms with E-state index in [1.165, 1.54) is 18.5 Å². The van der Waals surface area contributed by atoms with Gasteiger partial charge in [0.05, 0.1) is 17.7 Å². The molecule has 0 fully saturated rings. The van der Waals surface area contributed by atoms with Crippen LogP contribution in [-0.2, 0) is 14.9 Å². The van der Waals surface area contributed by atoms with E-state index in [4.69, 9.17) is 37.0 Å². The van der Waals surface area contributed by atoms with Gasteiger partial charge in [0.2, 0.25) is 6.10 Å². The predicted molar refractivity (Wildman–Crippen MR) is 175 cm³/mol. The van der Waals surface area contributed by atoms with Crippen molar-refractivity contribution in [2.24, 2.45) is 0 Å². The lowest BCUT2D eigenvalue weighted by Gasteiger charge is -2.30. The van der Waals surface area contributed by atoms with E-state index >= 15 is 0 Å². The molecule has 1 aliphatic heterocycles. The molecule has 2 heterocycles. The summed E-state index contributed by atoms with van der Waals surface area (Å²) in [5.41, 5.74) is 1.47. The highest BCUT2D eigenvalue weighted by molar-refractivity contribution is 6.31. The van der Waals surface area contributed by atoms with Crippen molar-refractivity contribution in [1.82, 2.24) is 9.97 Å². The summed E-state index contributed by atoms with van der Waals surface area (Å²) >= 11 is 6.42. The normalized spacial score (nSPS) is 14.3. The zero-order valence-electron chi connectivity index (χ0n) is 26.2. The van der Waals surface area contributed by atoms with Crippen LogP contribution in [-0.4, -0.2) is 59.8 Å². The number of nitrogens with zero attached hydrogens (tertiary/aromatic N) is 2. The summed E-state index contributed by atoms with van der Waals surface area (Å²) in [6.45, 7) is 4.61. The summed E-state index contributed by atoms with van der Waals surface area (Å²) in [5, 5.41) is 13.4. The molecule has 5 rings (SSSR count). The summed E-state index contributed by atoms with van der Waals surface area (Å²) in [5.74, 6) is 2.17. The maximum atomic E-state index is 14.0. The van der Waals surface area contributed by atoms with Gasteiger partial charge in [0.15, 0.2) is 11.5 Å². The van der Waals surface area contributed by atoms with Crippen LogP contribution in [0.5, 0.6) is 17.2 Å². The Morgan fingerprint density at radius 1 is 1.06 bits per heavy atom. The molecule has 1 atom stereocenters. The van der Waals surface area contributed by atoms with Crippen molar-refractivity contribution >= 4 is 46.1 Å². The number of hydrogen-bond donors (Lipinski definition) is 2. The average molecular weight is 682 g/mol. The minimum Gasteiger partial charge on any atom is -0.487 e. The van der Waals surface area contributed by atoms with Gasteiger partial charge in [0.1, 0.15) is 37.7 Å². The molecule has 4 aromatic rings. The molecule has 0 bridgehead atoms. The molecule has 1 aliphatic rings. The molecular weight excluding hydrogens is 651 g/mol. The molecule has 0 amide bonds. The van der Waals surface area contributed by atoms with Crippen molar-refractivity contribution in [3.05, 3.63) is 82.1 Å². The topological polar surface area (TPSA) is 112 Å². The predicted octanol–water partition coefficient (Wildman–Crippen LogP) is 7.01. The number of aromatic nitrogens is 2. The maximum Gasteiger partial charge on any atom is 0.430 e. The Labute approximate surface area is 279 Å². The van der Waals surface area contributed by atoms with Crippen LogP contribution in [0.3, 0.4) is 0 Å². The van der Waals surface area contributed by atoms with Crippen molar-refractivity contribution in [3.63, 3.8) is 0 Å². The Morgan fingerprint density at radius 3 is 2.52 bits per heavy atom. The second-order valence-electron chi connectivity index (χ2n) is 11.7. The summed E-state index contributed by atoms with van der Waals surface area (Å²) in [6.07, 6.45) is 0.504. The first kappa shape index (κ1) is 34.3. The average Bonchev–Trinajstić information content (AvgIpc) is 3.04. The maximum absolute atomic E-state index is 14.0. The fraction of sp³-hybridized carbons (Fsp3) is 0.286. The van der Waals surface area contributed by atoms with E-state index in [0.29, 0.717) is 38.6 Å². The lowest BCUT2D eigenvalue weighted by atomic mass is 9.85. The number of esters is 1. The van der Waals surface area contributed by atoms with Gasteiger partial charge in [0, 0.05) is 33.3 Å². The number of nitrogens with one attached hydrogen (secondary N) is 1. The molecule has 9 nitrogen and oxygen atoms in total.